The van der Waals surface area contributed by atoms with Crippen LogP contribution in [0, 0.1) is 5.41 Å². The fourth-order valence-electron chi connectivity index (χ4n) is 2.32. The standard InChI is InChI=1S/C14H30N2/c1-13(2,3)16-11-10-15-12-6-8-14(4,5)9-7-12/h12,15-16H,6-11H2,1-5H3. The summed E-state index contributed by atoms with van der Waals surface area (Å²) in [5.41, 5.74) is 0.831. The van der Waals surface area contributed by atoms with Gasteiger partial charge < -0.3 is 10.6 Å². The summed E-state index contributed by atoms with van der Waals surface area (Å²) in [4.78, 5) is 0. The van der Waals surface area contributed by atoms with Crippen molar-refractivity contribution >= 4 is 0 Å². The van der Waals surface area contributed by atoms with E-state index in [1.54, 1.807) is 0 Å². The molecule has 2 heteroatoms. The molecule has 0 bridgehead atoms. The maximum absolute atomic E-state index is 3.67. The Morgan fingerprint density at radius 1 is 1.06 bits per heavy atom. The zero-order chi connectivity index (χ0) is 12.2. The van der Waals surface area contributed by atoms with Crippen LogP contribution in [-0.4, -0.2) is 24.7 Å². The van der Waals surface area contributed by atoms with Gasteiger partial charge in [0.1, 0.15) is 0 Å². The second-order valence-electron chi connectivity index (χ2n) is 7.07. The summed E-state index contributed by atoms with van der Waals surface area (Å²) in [7, 11) is 0. The van der Waals surface area contributed by atoms with E-state index >= 15 is 0 Å². The summed E-state index contributed by atoms with van der Waals surface area (Å²) in [6, 6.07) is 0.759. The molecule has 2 N–H and O–H groups in total. The van der Waals surface area contributed by atoms with E-state index in [0.717, 1.165) is 19.1 Å². The zero-order valence-electron chi connectivity index (χ0n) is 11.8. The van der Waals surface area contributed by atoms with Crippen LogP contribution in [0.1, 0.15) is 60.3 Å². The lowest BCUT2D eigenvalue weighted by Gasteiger charge is -2.35. The fraction of sp³-hybridized carbons (Fsp3) is 1.00. The SMILES string of the molecule is CC1(C)CCC(NCCNC(C)(C)C)CC1. The molecule has 0 heterocycles. The topological polar surface area (TPSA) is 24.1 Å². The molecule has 1 saturated carbocycles. The highest BCUT2D eigenvalue weighted by Gasteiger charge is 2.26. The van der Waals surface area contributed by atoms with Crippen molar-refractivity contribution in [1.29, 1.82) is 0 Å². The molecule has 0 atom stereocenters. The Hall–Kier alpha value is -0.0800. The molecule has 0 aromatic heterocycles. The Bertz CT molecular complexity index is 193. The molecule has 0 radical (unpaired) electrons. The molecule has 0 unspecified atom stereocenters. The van der Waals surface area contributed by atoms with E-state index in [0.29, 0.717) is 5.41 Å². The summed E-state index contributed by atoms with van der Waals surface area (Å²) >= 11 is 0. The van der Waals surface area contributed by atoms with Gasteiger partial charge in [0.15, 0.2) is 0 Å². The number of hydrogen-bond donors (Lipinski definition) is 2. The van der Waals surface area contributed by atoms with Gasteiger partial charge in [0.25, 0.3) is 0 Å². The van der Waals surface area contributed by atoms with E-state index in [-0.39, 0.29) is 5.54 Å². The van der Waals surface area contributed by atoms with Crippen LogP contribution in [0.3, 0.4) is 0 Å². The van der Waals surface area contributed by atoms with Gasteiger partial charge in [-0.3, -0.25) is 0 Å². The molecule has 1 aliphatic rings. The maximum atomic E-state index is 3.67. The van der Waals surface area contributed by atoms with Crippen LogP contribution in [0.5, 0.6) is 0 Å². The quantitative estimate of drug-likeness (QED) is 0.720. The number of hydrogen-bond acceptors (Lipinski definition) is 2. The molecule has 0 saturated heterocycles. The van der Waals surface area contributed by atoms with Gasteiger partial charge in [-0.1, -0.05) is 13.8 Å². The normalized spacial score (nSPS) is 22.3. The third kappa shape index (κ3) is 5.86. The van der Waals surface area contributed by atoms with E-state index in [1.807, 2.05) is 0 Å². The minimum absolute atomic E-state index is 0.246. The average Bonchev–Trinajstić information content (AvgIpc) is 2.13. The monoisotopic (exact) mass is 226 g/mol. The molecular formula is C14H30N2. The van der Waals surface area contributed by atoms with Crippen molar-refractivity contribution in [1.82, 2.24) is 10.6 Å². The van der Waals surface area contributed by atoms with E-state index in [4.69, 9.17) is 0 Å². The molecule has 0 aromatic carbocycles. The van der Waals surface area contributed by atoms with Gasteiger partial charge >= 0.3 is 0 Å². The highest BCUT2D eigenvalue weighted by Crippen LogP contribution is 2.34. The minimum Gasteiger partial charge on any atom is -0.313 e. The second-order valence-corrected chi connectivity index (χ2v) is 7.07. The minimum atomic E-state index is 0.246. The third-order valence-electron chi connectivity index (χ3n) is 3.55. The molecule has 16 heavy (non-hydrogen) atoms. The average molecular weight is 226 g/mol. The first-order chi connectivity index (χ1) is 7.29. The summed E-state index contributed by atoms with van der Waals surface area (Å²) in [5, 5.41) is 7.18. The molecular weight excluding hydrogens is 196 g/mol. The molecule has 0 spiro atoms. The molecule has 0 aliphatic heterocycles. The summed E-state index contributed by atoms with van der Waals surface area (Å²) in [6.07, 6.45) is 5.44. The highest BCUT2D eigenvalue weighted by molar-refractivity contribution is 4.82. The van der Waals surface area contributed by atoms with Crippen LogP contribution in [0.15, 0.2) is 0 Å². The van der Waals surface area contributed by atoms with Crippen LogP contribution < -0.4 is 10.6 Å². The number of rotatable bonds is 4. The van der Waals surface area contributed by atoms with E-state index in [9.17, 15) is 0 Å². The number of nitrogens with one attached hydrogen (secondary N) is 2. The zero-order valence-corrected chi connectivity index (χ0v) is 11.8. The smallest absolute Gasteiger partial charge is 0.00970 e. The first-order valence-electron chi connectivity index (χ1n) is 6.77. The van der Waals surface area contributed by atoms with E-state index in [1.165, 1.54) is 25.7 Å². The second kappa shape index (κ2) is 5.50. The lowest BCUT2D eigenvalue weighted by Crippen LogP contribution is -2.43. The summed E-state index contributed by atoms with van der Waals surface area (Å²) in [6.45, 7) is 13.6. The maximum Gasteiger partial charge on any atom is 0.00970 e. The highest BCUT2D eigenvalue weighted by atomic mass is 15.0. The third-order valence-corrected chi connectivity index (χ3v) is 3.55. The predicted octanol–water partition coefficient (Wildman–Crippen LogP) is 2.93. The molecule has 1 fully saturated rings. The van der Waals surface area contributed by atoms with Gasteiger partial charge in [-0.25, -0.2) is 0 Å². The van der Waals surface area contributed by atoms with Crippen molar-refractivity contribution in [2.75, 3.05) is 13.1 Å². The molecule has 2 nitrogen and oxygen atoms in total. The van der Waals surface area contributed by atoms with Crippen LogP contribution in [0.25, 0.3) is 0 Å². The fourth-order valence-corrected chi connectivity index (χ4v) is 2.32. The Labute approximate surface area is 102 Å². The Balaban J connectivity index is 2.07. The lowest BCUT2D eigenvalue weighted by molar-refractivity contribution is 0.206. The molecule has 0 amide bonds. The van der Waals surface area contributed by atoms with Crippen molar-refractivity contribution in [2.24, 2.45) is 5.41 Å². The van der Waals surface area contributed by atoms with Crippen molar-refractivity contribution in [3.05, 3.63) is 0 Å². The molecule has 96 valence electrons. The molecule has 0 aromatic rings. The van der Waals surface area contributed by atoms with Gasteiger partial charge in [0, 0.05) is 24.7 Å². The van der Waals surface area contributed by atoms with Crippen LogP contribution in [-0.2, 0) is 0 Å². The lowest BCUT2D eigenvalue weighted by atomic mass is 9.75. The molecule has 1 aliphatic carbocycles. The Kier molecular flexibility index (Phi) is 4.81. The van der Waals surface area contributed by atoms with Gasteiger partial charge in [0.2, 0.25) is 0 Å². The van der Waals surface area contributed by atoms with Gasteiger partial charge in [0.05, 0.1) is 0 Å². The van der Waals surface area contributed by atoms with Gasteiger partial charge in [-0.15, -0.1) is 0 Å². The van der Waals surface area contributed by atoms with Crippen LogP contribution in [0.4, 0.5) is 0 Å². The Morgan fingerprint density at radius 3 is 2.12 bits per heavy atom. The molecule has 1 rings (SSSR count). The Morgan fingerprint density at radius 2 is 1.62 bits per heavy atom. The summed E-state index contributed by atoms with van der Waals surface area (Å²) < 4.78 is 0. The van der Waals surface area contributed by atoms with E-state index < -0.39 is 0 Å². The van der Waals surface area contributed by atoms with Crippen molar-refractivity contribution in [3.63, 3.8) is 0 Å². The van der Waals surface area contributed by atoms with E-state index in [2.05, 4.69) is 45.3 Å². The van der Waals surface area contributed by atoms with Crippen molar-refractivity contribution in [3.8, 4) is 0 Å². The van der Waals surface area contributed by atoms with Crippen LogP contribution in [0.2, 0.25) is 0 Å². The van der Waals surface area contributed by atoms with Gasteiger partial charge in [-0.05, 0) is 51.9 Å². The summed E-state index contributed by atoms with van der Waals surface area (Å²) in [5.74, 6) is 0. The predicted molar refractivity (Wildman–Crippen MR) is 71.8 cm³/mol. The van der Waals surface area contributed by atoms with Crippen LogP contribution >= 0.6 is 0 Å². The first kappa shape index (κ1) is 14.0. The van der Waals surface area contributed by atoms with Gasteiger partial charge in [-0.2, -0.15) is 0 Å². The largest absolute Gasteiger partial charge is 0.313 e. The van der Waals surface area contributed by atoms with Crippen molar-refractivity contribution in [2.45, 2.75) is 71.9 Å². The first-order valence-corrected chi connectivity index (χ1v) is 6.77. The van der Waals surface area contributed by atoms with Crippen molar-refractivity contribution < 1.29 is 0 Å².